The number of para-hydroxylation sites is 1. The van der Waals surface area contributed by atoms with Crippen molar-refractivity contribution in [1.82, 2.24) is 5.32 Å². The molecule has 0 aliphatic heterocycles. The topological polar surface area (TPSA) is 71.7 Å². The van der Waals surface area contributed by atoms with Crippen LogP contribution < -0.4 is 10.1 Å². The summed E-state index contributed by atoms with van der Waals surface area (Å²) in [7, 11) is 0. The standard InChI is InChI=1S/C14H14BrNO4/c15-10-4-1-2-5-12(10)20-9-14(18)16-8-11(17)13-6-3-7-19-13/h1-7,11,17H,8-9H2,(H,16,18). The van der Waals surface area contributed by atoms with Crippen LogP contribution in [0.15, 0.2) is 51.6 Å². The summed E-state index contributed by atoms with van der Waals surface area (Å²) >= 11 is 3.33. The molecule has 0 fully saturated rings. The van der Waals surface area contributed by atoms with Crippen molar-refractivity contribution in [2.75, 3.05) is 13.2 Å². The van der Waals surface area contributed by atoms with E-state index < -0.39 is 6.10 Å². The Balaban J connectivity index is 1.75. The first-order valence-electron chi connectivity index (χ1n) is 6.02. The summed E-state index contributed by atoms with van der Waals surface area (Å²) in [4.78, 5) is 11.6. The number of halogens is 1. The maximum absolute atomic E-state index is 11.6. The molecule has 1 aromatic carbocycles. The quantitative estimate of drug-likeness (QED) is 0.846. The van der Waals surface area contributed by atoms with E-state index in [1.807, 2.05) is 18.2 Å². The first-order valence-corrected chi connectivity index (χ1v) is 6.81. The smallest absolute Gasteiger partial charge is 0.258 e. The second kappa shape index (κ2) is 7.12. The van der Waals surface area contributed by atoms with Crippen LogP contribution in [0.1, 0.15) is 11.9 Å². The Morgan fingerprint density at radius 2 is 2.15 bits per heavy atom. The van der Waals surface area contributed by atoms with E-state index in [0.29, 0.717) is 11.5 Å². The zero-order valence-electron chi connectivity index (χ0n) is 10.6. The lowest BCUT2D eigenvalue weighted by Gasteiger charge is -2.11. The third kappa shape index (κ3) is 4.11. The normalized spacial score (nSPS) is 11.9. The number of hydrogen-bond acceptors (Lipinski definition) is 4. The summed E-state index contributed by atoms with van der Waals surface area (Å²) in [6.45, 7) is -0.0425. The second-order valence-electron chi connectivity index (χ2n) is 4.05. The maximum Gasteiger partial charge on any atom is 0.258 e. The Bertz CT molecular complexity index is 556. The van der Waals surface area contributed by atoms with Gasteiger partial charge in [-0.05, 0) is 40.2 Å². The third-order valence-electron chi connectivity index (χ3n) is 2.56. The lowest BCUT2D eigenvalue weighted by Crippen LogP contribution is -2.32. The van der Waals surface area contributed by atoms with Gasteiger partial charge in [-0.1, -0.05) is 12.1 Å². The zero-order chi connectivity index (χ0) is 14.4. The van der Waals surface area contributed by atoms with Gasteiger partial charge in [-0.25, -0.2) is 0 Å². The molecule has 0 spiro atoms. The van der Waals surface area contributed by atoms with Crippen LogP contribution in [0.3, 0.4) is 0 Å². The molecule has 106 valence electrons. The number of carbonyl (C=O) groups is 1. The van der Waals surface area contributed by atoms with Crippen molar-refractivity contribution in [2.45, 2.75) is 6.10 Å². The highest BCUT2D eigenvalue weighted by Gasteiger charge is 2.12. The van der Waals surface area contributed by atoms with E-state index in [9.17, 15) is 9.90 Å². The Hall–Kier alpha value is -1.79. The predicted octanol–water partition coefficient (Wildman–Crippen LogP) is 2.27. The molecular formula is C14H14BrNO4. The van der Waals surface area contributed by atoms with E-state index in [0.717, 1.165) is 4.47 Å². The molecule has 6 heteroatoms. The predicted molar refractivity (Wildman–Crippen MR) is 76.3 cm³/mol. The lowest BCUT2D eigenvalue weighted by molar-refractivity contribution is -0.123. The summed E-state index contributed by atoms with van der Waals surface area (Å²) in [6, 6.07) is 10.6. The zero-order valence-corrected chi connectivity index (χ0v) is 12.2. The fourth-order valence-electron chi connectivity index (χ4n) is 1.55. The lowest BCUT2D eigenvalue weighted by atomic mass is 10.3. The number of furan rings is 1. The molecule has 0 radical (unpaired) electrons. The Morgan fingerprint density at radius 1 is 1.35 bits per heavy atom. The van der Waals surface area contributed by atoms with Crippen LogP contribution in [0.5, 0.6) is 5.75 Å². The number of nitrogens with one attached hydrogen (secondary N) is 1. The number of aliphatic hydroxyl groups is 1. The molecule has 0 aliphatic carbocycles. The highest BCUT2D eigenvalue weighted by molar-refractivity contribution is 9.10. The summed E-state index contributed by atoms with van der Waals surface area (Å²) in [6.07, 6.45) is 0.605. The van der Waals surface area contributed by atoms with Crippen LogP contribution in [0.25, 0.3) is 0 Å². The van der Waals surface area contributed by atoms with Crippen LogP contribution >= 0.6 is 15.9 Å². The minimum Gasteiger partial charge on any atom is -0.483 e. The fraction of sp³-hybridized carbons (Fsp3) is 0.214. The SMILES string of the molecule is O=C(COc1ccccc1Br)NCC(O)c1ccco1. The van der Waals surface area contributed by atoms with Crippen molar-refractivity contribution in [3.05, 3.63) is 52.9 Å². The molecule has 2 aromatic rings. The van der Waals surface area contributed by atoms with Gasteiger partial charge in [0.15, 0.2) is 6.61 Å². The van der Waals surface area contributed by atoms with Gasteiger partial charge in [0.25, 0.3) is 5.91 Å². The van der Waals surface area contributed by atoms with Crippen molar-refractivity contribution >= 4 is 21.8 Å². The molecule has 1 amide bonds. The van der Waals surface area contributed by atoms with Gasteiger partial charge < -0.3 is 19.6 Å². The van der Waals surface area contributed by atoms with Crippen molar-refractivity contribution in [3.63, 3.8) is 0 Å². The summed E-state index contributed by atoms with van der Waals surface area (Å²) in [5.41, 5.74) is 0. The first-order chi connectivity index (χ1) is 9.66. The number of carbonyl (C=O) groups excluding carboxylic acids is 1. The van der Waals surface area contributed by atoms with Crippen LogP contribution in [-0.4, -0.2) is 24.2 Å². The fourth-order valence-corrected chi connectivity index (χ4v) is 1.95. The molecule has 1 atom stereocenters. The highest BCUT2D eigenvalue weighted by Crippen LogP contribution is 2.23. The van der Waals surface area contributed by atoms with Crippen LogP contribution in [-0.2, 0) is 4.79 Å². The molecule has 5 nitrogen and oxygen atoms in total. The molecule has 0 aliphatic rings. The van der Waals surface area contributed by atoms with Gasteiger partial charge in [-0.3, -0.25) is 4.79 Å². The Morgan fingerprint density at radius 3 is 2.85 bits per heavy atom. The molecular weight excluding hydrogens is 326 g/mol. The number of ether oxygens (including phenoxy) is 1. The van der Waals surface area contributed by atoms with Gasteiger partial charge in [0.05, 0.1) is 17.3 Å². The molecule has 2 rings (SSSR count). The minimum absolute atomic E-state index is 0.0751. The van der Waals surface area contributed by atoms with Gasteiger partial charge >= 0.3 is 0 Å². The molecule has 20 heavy (non-hydrogen) atoms. The number of hydrogen-bond donors (Lipinski definition) is 2. The molecule has 0 bridgehead atoms. The van der Waals surface area contributed by atoms with Gasteiger partial charge in [-0.2, -0.15) is 0 Å². The summed E-state index contributed by atoms with van der Waals surface area (Å²) < 4.78 is 11.2. The molecule has 0 saturated heterocycles. The average molecular weight is 340 g/mol. The van der Waals surface area contributed by atoms with E-state index in [1.54, 1.807) is 18.2 Å². The Kier molecular flexibility index (Phi) is 5.20. The van der Waals surface area contributed by atoms with Crippen molar-refractivity contribution in [3.8, 4) is 5.75 Å². The van der Waals surface area contributed by atoms with Gasteiger partial charge in [0.2, 0.25) is 0 Å². The van der Waals surface area contributed by atoms with Crippen molar-refractivity contribution in [1.29, 1.82) is 0 Å². The molecule has 2 N–H and O–H groups in total. The number of rotatable bonds is 6. The van der Waals surface area contributed by atoms with Crippen LogP contribution in [0.4, 0.5) is 0 Å². The van der Waals surface area contributed by atoms with Gasteiger partial charge in [0.1, 0.15) is 17.6 Å². The molecule has 1 heterocycles. The molecule has 1 aromatic heterocycles. The summed E-state index contributed by atoms with van der Waals surface area (Å²) in [5.74, 6) is 0.692. The van der Waals surface area contributed by atoms with Crippen LogP contribution in [0.2, 0.25) is 0 Å². The van der Waals surface area contributed by atoms with E-state index >= 15 is 0 Å². The van der Waals surface area contributed by atoms with Gasteiger partial charge in [-0.15, -0.1) is 0 Å². The maximum atomic E-state index is 11.6. The van der Waals surface area contributed by atoms with Gasteiger partial charge in [0, 0.05) is 0 Å². The third-order valence-corrected chi connectivity index (χ3v) is 3.21. The van der Waals surface area contributed by atoms with E-state index in [-0.39, 0.29) is 19.1 Å². The largest absolute Gasteiger partial charge is 0.483 e. The van der Waals surface area contributed by atoms with Crippen molar-refractivity contribution < 1.29 is 19.1 Å². The summed E-state index contributed by atoms with van der Waals surface area (Å²) in [5, 5.41) is 12.3. The van der Waals surface area contributed by atoms with E-state index in [2.05, 4.69) is 21.2 Å². The van der Waals surface area contributed by atoms with E-state index in [1.165, 1.54) is 6.26 Å². The first kappa shape index (κ1) is 14.6. The number of benzene rings is 1. The molecule has 0 saturated carbocycles. The van der Waals surface area contributed by atoms with Crippen LogP contribution in [0, 0.1) is 0 Å². The Labute approximate surface area is 124 Å². The number of amides is 1. The second-order valence-corrected chi connectivity index (χ2v) is 4.91. The van der Waals surface area contributed by atoms with E-state index in [4.69, 9.17) is 9.15 Å². The molecule has 1 unspecified atom stereocenters. The minimum atomic E-state index is -0.864. The monoisotopic (exact) mass is 339 g/mol. The van der Waals surface area contributed by atoms with Crippen molar-refractivity contribution in [2.24, 2.45) is 0 Å². The highest BCUT2D eigenvalue weighted by atomic mass is 79.9. The number of aliphatic hydroxyl groups excluding tert-OH is 1. The average Bonchev–Trinajstić information content (AvgIpc) is 2.98.